The summed E-state index contributed by atoms with van der Waals surface area (Å²) >= 11 is 0. The van der Waals surface area contributed by atoms with E-state index in [1.54, 1.807) is 0 Å². The molecule has 1 aliphatic rings. The highest BCUT2D eigenvalue weighted by Crippen LogP contribution is 2.39. The van der Waals surface area contributed by atoms with E-state index in [1.807, 2.05) is 0 Å². The second-order valence-corrected chi connectivity index (χ2v) is 6.07. The largest absolute Gasteiger partial charge is 0.391 e. The summed E-state index contributed by atoms with van der Waals surface area (Å²) in [6, 6.07) is 0. The summed E-state index contributed by atoms with van der Waals surface area (Å²) in [5.41, 5.74) is 0. The molecule has 114 valence electrons. The van der Waals surface area contributed by atoms with Crippen LogP contribution >= 0.6 is 0 Å². The number of halogens is 3. The van der Waals surface area contributed by atoms with Crippen LogP contribution in [0.3, 0.4) is 0 Å². The molecule has 2 unspecified atom stereocenters. The highest BCUT2D eigenvalue weighted by Gasteiger charge is 2.41. The van der Waals surface area contributed by atoms with Crippen molar-refractivity contribution in [2.45, 2.75) is 45.7 Å². The quantitative estimate of drug-likeness (QED) is 0.700. The molecule has 0 bridgehead atoms. The topological polar surface area (TPSA) is 24.1 Å². The maximum absolute atomic E-state index is 12.6. The van der Waals surface area contributed by atoms with Gasteiger partial charge in [-0.2, -0.15) is 13.2 Å². The van der Waals surface area contributed by atoms with E-state index in [-0.39, 0.29) is 5.92 Å². The Kier molecular flexibility index (Phi) is 7.15. The normalized spacial score (nSPS) is 24.9. The van der Waals surface area contributed by atoms with Gasteiger partial charge in [-0.05, 0) is 44.2 Å². The smallest absolute Gasteiger partial charge is 0.315 e. The fourth-order valence-electron chi connectivity index (χ4n) is 2.65. The van der Waals surface area contributed by atoms with Crippen LogP contribution in [0, 0.1) is 17.8 Å². The van der Waals surface area contributed by atoms with Crippen LogP contribution in [0.15, 0.2) is 0 Å². The van der Waals surface area contributed by atoms with Crippen molar-refractivity contribution in [2.24, 2.45) is 17.8 Å². The summed E-state index contributed by atoms with van der Waals surface area (Å²) in [7, 11) is 0. The SMILES string of the molecule is CC(C)CNCCNCC1CCCC(C(F)(F)F)C1. The fraction of sp³-hybridized carbons (Fsp3) is 1.00. The van der Waals surface area contributed by atoms with Crippen molar-refractivity contribution >= 4 is 0 Å². The second-order valence-electron chi connectivity index (χ2n) is 6.07. The first-order valence-electron chi connectivity index (χ1n) is 7.37. The average molecular weight is 280 g/mol. The zero-order chi connectivity index (χ0) is 14.3. The Morgan fingerprint density at radius 1 is 1.11 bits per heavy atom. The first-order valence-corrected chi connectivity index (χ1v) is 7.37. The van der Waals surface area contributed by atoms with Gasteiger partial charge in [0.05, 0.1) is 5.92 Å². The number of nitrogens with one attached hydrogen (secondary N) is 2. The predicted octanol–water partition coefficient (Wildman–Crippen LogP) is 3.19. The molecule has 0 saturated heterocycles. The van der Waals surface area contributed by atoms with Crippen molar-refractivity contribution < 1.29 is 13.2 Å². The van der Waals surface area contributed by atoms with Crippen LogP contribution in [-0.2, 0) is 0 Å². The molecule has 0 spiro atoms. The summed E-state index contributed by atoms with van der Waals surface area (Å²) in [6.07, 6.45) is -1.75. The number of alkyl halides is 3. The lowest BCUT2D eigenvalue weighted by Gasteiger charge is -2.30. The molecule has 0 radical (unpaired) electrons. The van der Waals surface area contributed by atoms with Gasteiger partial charge in [0.1, 0.15) is 0 Å². The van der Waals surface area contributed by atoms with Crippen molar-refractivity contribution in [3.63, 3.8) is 0 Å². The lowest BCUT2D eigenvalue weighted by Crippen LogP contribution is -2.36. The first kappa shape index (κ1) is 16.8. The molecule has 0 heterocycles. The van der Waals surface area contributed by atoms with E-state index >= 15 is 0 Å². The Morgan fingerprint density at radius 2 is 1.79 bits per heavy atom. The van der Waals surface area contributed by atoms with Gasteiger partial charge in [0, 0.05) is 13.1 Å². The third kappa shape index (κ3) is 7.16. The zero-order valence-electron chi connectivity index (χ0n) is 12.0. The molecular weight excluding hydrogens is 253 g/mol. The van der Waals surface area contributed by atoms with Crippen molar-refractivity contribution in [3.8, 4) is 0 Å². The van der Waals surface area contributed by atoms with Crippen molar-refractivity contribution in [3.05, 3.63) is 0 Å². The molecule has 2 N–H and O–H groups in total. The third-order valence-corrected chi connectivity index (χ3v) is 3.71. The molecule has 0 aliphatic heterocycles. The minimum atomic E-state index is -4.00. The van der Waals surface area contributed by atoms with E-state index in [0.29, 0.717) is 25.2 Å². The van der Waals surface area contributed by atoms with Gasteiger partial charge in [-0.1, -0.05) is 20.3 Å². The van der Waals surface area contributed by atoms with E-state index < -0.39 is 12.1 Å². The van der Waals surface area contributed by atoms with E-state index in [9.17, 15) is 13.2 Å². The van der Waals surface area contributed by atoms with Crippen LogP contribution in [0.25, 0.3) is 0 Å². The molecule has 0 aromatic rings. The highest BCUT2D eigenvalue weighted by molar-refractivity contribution is 4.79. The van der Waals surface area contributed by atoms with Crippen LogP contribution in [-0.4, -0.2) is 32.4 Å². The summed E-state index contributed by atoms with van der Waals surface area (Å²) in [4.78, 5) is 0. The molecule has 19 heavy (non-hydrogen) atoms. The van der Waals surface area contributed by atoms with E-state index in [4.69, 9.17) is 0 Å². The Morgan fingerprint density at radius 3 is 2.42 bits per heavy atom. The summed E-state index contributed by atoms with van der Waals surface area (Å²) in [5, 5.41) is 6.58. The van der Waals surface area contributed by atoms with Gasteiger partial charge < -0.3 is 10.6 Å². The predicted molar refractivity (Wildman–Crippen MR) is 72.1 cm³/mol. The maximum atomic E-state index is 12.6. The van der Waals surface area contributed by atoms with Gasteiger partial charge in [0.15, 0.2) is 0 Å². The standard InChI is InChI=1S/C14H27F3N2/c1-11(2)9-18-6-7-19-10-12-4-3-5-13(8-12)14(15,16)17/h11-13,18-19H,3-10H2,1-2H3. The first-order chi connectivity index (χ1) is 8.89. The fourth-order valence-corrected chi connectivity index (χ4v) is 2.65. The lowest BCUT2D eigenvalue weighted by atomic mass is 9.81. The van der Waals surface area contributed by atoms with E-state index in [2.05, 4.69) is 24.5 Å². The molecule has 0 amide bonds. The third-order valence-electron chi connectivity index (χ3n) is 3.71. The Bertz CT molecular complexity index is 241. The van der Waals surface area contributed by atoms with Crippen molar-refractivity contribution in [1.82, 2.24) is 10.6 Å². The molecule has 1 aliphatic carbocycles. The molecule has 1 rings (SSSR count). The molecule has 1 saturated carbocycles. The molecule has 2 nitrogen and oxygen atoms in total. The second kappa shape index (κ2) is 8.10. The van der Waals surface area contributed by atoms with Crippen LogP contribution in [0.4, 0.5) is 13.2 Å². The molecule has 0 aromatic carbocycles. The summed E-state index contributed by atoms with van der Waals surface area (Å²) in [5.74, 6) is -0.261. The Balaban J connectivity index is 2.09. The number of rotatable bonds is 7. The van der Waals surface area contributed by atoms with Crippen molar-refractivity contribution in [2.75, 3.05) is 26.2 Å². The van der Waals surface area contributed by atoms with Gasteiger partial charge in [-0.15, -0.1) is 0 Å². The minimum Gasteiger partial charge on any atom is -0.315 e. The Labute approximate surface area is 114 Å². The molecular formula is C14H27F3N2. The monoisotopic (exact) mass is 280 g/mol. The lowest BCUT2D eigenvalue weighted by molar-refractivity contribution is -0.185. The molecule has 5 heteroatoms. The summed E-state index contributed by atoms with van der Waals surface area (Å²) in [6.45, 7) is 7.73. The van der Waals surface area contributed by atoms with Crippen LogP contribution < -0.4 is 10.6 Å². The molecule has 0 aromatic heterocycles. The van der Waals surface area contributed by atoms with Gasteiger partial charge in [0.25, 0.3) is 0 Å². The van der Waals surface area contributed by atoms with Gasteiger partial charge >= 0.3 is 6.18 Å². The molecule has 1 fully saturated rings. The number of hydrogen-bond donors (Lipinski definition) is 2. The molecule has 2 atom stereocenters. The Hall–Kier alpha value is -0.290. The van der Waals surface area contributed by atoms with Crippen molar-refractivity contribution in [1.29, 1.82) is 0 Å². The maximum Gasteiger partial charge on any atom is 0.391 e. The van der Waals surface area contributed by atoms with E-state index in [1.165, 1.54) is 0 Å². The van der Waals surface area contributed by atoms with Crippen LogP contribution in [0.2, 0.25) is 0 Å². The zero-order valence-corrected chi connectivity index (χ0v) is 12.0. The van der Waals surface area contributed by atoms with Gasteiger partial charge in [0.2, 0.25) is 0 Å². The van der Waals surface area contributed by atoms with E-state index in [0.717, 1.165) is 32.6 Å². The summed E-state index contributed by atoms with van der Waals surface area (Å²) < 4.78 is 37.9. The van der Waals surface area contributed by atoms with Crippen LogP contribution in [0.5, 0.6) is 0 Å². The highest BCUT2D eigenvalue weighted by atomic mass is 19.4. The minimum absolute atomic E-state index is 0.186. The van der Waals surface area contributed by atoms with Gasteiger partial charge in [-0.3, -0.25) is 0 Å². The van der Waals surface area contributed by atoms with Gasteiger partial charge in [-0.25, -0.2) is 0 Å². The average Bonchev–Trinajstić information content (AvgIpc) is 2.32. The number of hydrogen-bond acceptors (Lipinski definition) is 2. The van der Waals surface area contributed by atoms with Crippen LogP contribution in [0.1, 0.15) is 39.5 Å².